The minimum atomic E-state index is -0.530. The highest BCUT2D eigenvalue weighted by atomic mass is 16.5. The molecule has 0 aliphatic heterocycles. The van der Waals surface area contributed by atoms with E-state index in [1.54, 1.807) is 28.9 Å². The average molecular weight is 350 g/mol. The molecule has 130 valence electrons. The van der Waals surface area contributed by atoms with Gasteiger partial charge in [-0.3, -0.25) is 4.79 Å². The number of rotatable bonds is 6. The van der Waals surface area contributed by atoms with Gasteiger partial charge in [0.1, 0.15) is 17.8 Å². The summed E-state index contributed by atoms with van der Waals surface area (Å²) in [5.41, 5.74) is 7.50. The number of amides is 1. The van der Waals surface area contributed by atoms with Gasteiger partial charge in [-0.2, -0.15) is 4.98 Å². The molecule has 0 unspecified atom stereocenters. The maximum Gasteiger partial charge on any atom is 0.255 e. The lowest BCUT2D eigenvalue weighted by atomic mass is 10.2. The second kappa shape index (κ2) is 6.63. The van der Waals surface area contributed by atoms with Crippen LogP contribution in [0.15, 0.2) is 53.1 Å². The Kier molecular flexibility index (Phi) is 4.02. The van der Waals surface area contributed by atoms with Gasteiger partial charge in [0.05, 0.1) is 5.52 Å². The minimum absolute atomic E-state index is 0.169. The zero-order chi connectivity index (χ0) is 17.9. The minimum Gasteiger partial charge on any atom is -0.484 e. The lowest BCUT2D eigenvalue weighted by Gasteiger charge is -2.03. The van der Waals surface area contributed by atoms with E-state index in [0.717, 1.165) is 16.6 Å². The molecule has 26 heavy (non-hydrogen) atoms. The fraction of sp³-hybridized carbons (Fsp3) is 0.118. The number of hydrogen-bond acceptors (Lipinski definition) is 7. The molecule has 0 spiro atoms. The Morgan fingerprint density at radius 3 is 2.77 bits per heavy atom. The summed E-state index contributed by atoms with van der Waals surface area (Å²) >= 11 is 0. The van der Waals surface area contributed by atoms with Crippen LogP contribution in [0.4, 0.5) is 0 Å². The van der Waals surface area contributed by atoms with Crippen molar-refractivity contribution in [3.8, 4) is 17.1 Å². The molecular weight excluding hydrogens is 336 g/mol. The van der Waals surface area contributed by atoms with E-state index in [1.165, 1.54) is 0 Å². The van der Waals surface area contributed by atoms with Gasteiger partial charge in [-0.25, -0.2) is 4.68 Å². The summed E-state index contributed by atoms with van der Waals surface area (Å²) in [6, 6.07) is 14.6. The molecule has 4 rings (SSSR count). The molecule has 2 N–H and O–H groups in total. The van der Waals surface area contributed by atoms with Gasteiger partial charge in [-0.1, -0.05) is 22.5 Å². The van der Waals surface area contributed by atoms with Crippen molar-refractivity contribution in [2.75, 3.05) is 6.61 Å². The monoisotopic (exact) mass is 350 g/mol. The van der Waals surface area contributed by atoms with Crippen molar-refractivity contribution in [3.05, 3.63) is 54.4 Å². The number of primary amides is 1. The summed E-state index contributed by atoms with van der Waals surface area (Å²) < 4.78 is 12.2. The van der Waals surface area contributed by atoms with Gasteiger partial charge >= 0.3 is 0 Å². The number of aromatic nitrogens is 5. The second-order valence-corrected chi connectivity index (χ2v) is 5.53. The first kappa shape index (κ1) is 15.8. The fourth-order valence-corrected chi connectivity index (χ4v) is 2.45. The third-order valence-corrected chi connectivity index (χ3v) is 3.67. The molecule has 9 nitrogen and oxygen atoms in total. The van der Waals surface area contributed by atoms with Crippen LogP contribution in [0, 0.1) is 0 Å². The number of hydrogen-bond donors (Lipinski definition) is 1. The van der Waals surface area contributed by atoms with Gasteiger partial charge in [0, 0.05) is 5.56 Å². The number of fused-ring (bicyclic) bond motifs is 1. The predicted octanol–water partition coefficient (Wildman–Crippen LogP) is 1.39. The first-order valence-corrected chi connectivity index (χ1v) is 7.81. The lowest BCUT2D eigenvalue weighted by molar-refractivity contribution is -0.119. The third-order valence-electron chi connectivity index (χ3n) is 3.67. The van der Waals surface area contributed by atoms with E-state index >= 15 is 0 Å². The van der Waals surface area contributed by atoms with Crippen LogP contribution in [0.25, 0.3) is 22.4 Å². The number of carbonyl (C=O) groups excluding carboxylic acids is 1. The lowest BCUT2D eigenvalue weighted by Crippen LogP contribution is -2.19. The van der Waals surface area contributed by atoms with E-state index < -0.39 is 5.91 Å². The van der Waals surface area contributed by atoms with Crippen molar-refractivity contribution in [2.24, 2.45) is 5.73 Å². The SMILES string of the molecule is NC(=O)COc1ccc(-c2noc(Cn3nnc4ccccc43)n2)cc1. The van der Waals surface area contributed by atoms with E-state index in [-0.39, 0.29) is 6.61 Å². The highest BCUT2D eigenvalue weighted by molar-refractivity contribution is 5.75. The molecule has 2 aromatic heterocycles. The summed E-state index contributed by atoms with van der Waals surface area (Å²) in [4.78, 5) is 15.1. The molecule has 0 bridgehead atoms. The van der Waals surface area contributed by atoms with Crippen LogP contribution in [-0.4, -0.2) is 37.6 Å². The summed E-state index contributed by atoms with van der Waals surface area (Å²) in [6.07, 6.45) is 0. The van der Waals surface area contributed by atoms with E-state index in [0.29, 0.717) is 24.0 Å². The normalized spacial score (nSPS) is 10.9. The highest BCUT2D eigenvalue weighted by Crippen LogP contribution is 2.20. The highest BCUT2D eigenvalue weighted by Gasteiger charge is 2.12. The summed E-state index contributed by atoms with van der Waals surface area (Å²) in [5.74, 6) is 0.874. The van der Waals surface area contributed by atoms with Crippen LogP contribution in [0.2, 0.25) is 0 Å². The number of para-hydroxylation sites is 1. The van der Waals surface area contributed by atoms with E-state index in [1.807, 2.05) is 24.3 Å². The number of nitrogens with two attached hydrogens (primary N) is 1. The summed E-state index contributed by atoms with van der Waals surface area (Å²) in [7, 11) is 0. The van der Waals surface area contributed by atoms with Crippen LogP contribution in [-0.2, 0) is 11.3 Å². The first-order valence-electron chi connectivity index (χ1n) is 7.81. The van der Waals surface area contributed by atoms with Crippen LogP contribution in [0.1, 0.15) is 5.89 Å². The van der Waals surface area contributed by atoms with Crippen LogP contribution < -0.4 is 10.5 Å². The van der Waals surface area contributed by atoms with Crippen molar-refractivity contribution >= 4 is 16.9 Å². The Hall–Kier alpha value is -3.75. The van der Waals surface area contributed by atoms with E-state index in [9.17, 15) is 4.79 Å². The van der Waals surface area contributed by atoms with Crippen molar-refractivity contribution in [1.29, 1.82) is 0 Å². The molecule has 4 aromatic rings. The second-order valence-electron chi connectivity index (χ2n) is 5.53. The van der Waals surface area contributed by atoms with Gasteiger partial charge in [-0.15, -0.1) is 5.10 Å². The van der Waals surface area contributed by atoms with Gasteiger partial charge in [0.2, 0.25) is 11.7 Å². The van der Waals surface area contributed by atoms with Crippen LogP contribution in [0.3, 0.4) is 0 Å². The molecule has 9 heteroatoms. The third kappa shape index (κ3) is 3.22. The molecule has 0 aliphatic carbocycles. The Bertz CT molecular complexity index is 1050. The smallest absolute Gasteiger partial charge is 0.255 e. The molecule has 0 radical (unpaired) electrons. The molecule has 0 aliphatic rings. The molecule has 0 fully saturated rings. The quantitative estimate of drug-likeness (QED) is 0.557. The standard InChI is InChI=1S/C17H14N6O3/c18-15(24)10-25-12-7-5-11(6-8-12)17-19-16(26-21-17)9-23-14-4-2-1-3-13(14)20-22-23/h1-8H,9-10H2,(H2,18,24). The molecular formula is C17H14N6O3. The zero-order valence-electron chi connectivity index (χ0n) is 13.6. The van der Waals surface area contributed by atoms with Crippen molar-refractivity contribution in [3.63, 3.8) is 0 Å². The molecule has 0 saturated carbocycles. The molecule has 2 aromatic carbocycles. The topological polar surface area (TPSA) is 122 Å². The van der Waals surface area contributed by atoms with Crippen molar-refractivity contribution in [2.45, 2.75) is 6.54 Å². The molecule has 1 amide bonds. The number of nitrogens with zero attached hydrogens (tertiary/aromatic N) is 5. The van der Waals surface area contributed by atoms with Crippen LogP contribution in [0.5, 0.6) is 5.75 Å². The Labute approximate surface area is 147 Å². The zero-order valence-corrected chi connectivity index (χ0v) is 13.6. The molecule has 0 atom stereocenters. The average Bonchev–Trinajstić information content (AvgIpc) is 3.28. The van der Waals surface area contributed by atoms with E-state index in [4.69, 9.17) is 15.0 Å². The Balaban J connectivity index is 1.50. The van der Waals surface area contributed by atoms with Crippen molar-refractivity contribution < 1.29 is 14.1 Å². The van der Waals surface area contributed by atoms with Gasteiger partial charge in [-0.05, 0) is 36.4 Å². The predicted molar refractivity (Wildman–Crippen MR) is 91.1 cm³/mol. The van der Waals surface area contributed by atoms with E-state index in [2.05, 4.69) is 20.5 Å². The fourth-order valence-electron chi connectivity index (χ4n) is 2.45. The number of benzene rings is 2. The maximum atomic E-state index is 10.7. The molecule has 2 heterocycles. The van der Waals surface area contributed by atoms with Crippen molar-refractivity contribution in [1.82, 2.24) is 25.1 Å². The maximum absolute atomic E-state index is 10.7. The molecule has 0 saturated heterocycles. The summed E-state index contributed by atoms with van der Waals surface area (Å²) in [6.45, 7) is 0.158. The van der Waals surface area contributed by atoms with Gasteiger partial charge in [0.25, 0.3) is 5.91 Å². The van der Waals surface area contributed by atoms with Gasteiger partial charge < -0.3 is 15.0 Å². The number of ether oxygens (including phenoxy) is 1. The first-order chi connectivity index (χ1) is 12.7. The number of carbonyl (C=O) groups is 1. The Morgan fingerprint density at radius 2 is 1.96 bits per heavy atom. The van der Waals surface area contributed by atoms with Crippen LogP contribution >= 0.6 is 0 Å². The summed E-state index contributed by atoms with van der Waals surface area (Å²) in [5, 5.41) is 12.2. The van der Waals surface area contributed by atoms with Gasteiger partial charge in [0.15, 0.2) is 6.61 Å². The Morgan fingerprint density at radius 1 is 1.15 bits per heavy atom. The largest absolute Gasteiger partial charge is 0.484 e.